The minimum atomic E-state index is -3.42. The molecule has 21 heavy (non-hydrogen) atoms. The summed E-state index contributed by atoms with van der Waals surface area (Å²) in [6.45, 7) is 4.13. The molecule has 5 nitrogen and oxygen atoms in total. The Bertz CT molecular complexity index is 538. The van der Waals surface area contributed by atoms with E-state index in [0.29, 0.717) is 31.1 Å². The second-order valence-electron chi connectivity index (χ2n) is 5.23. The van der Waals surface area contributed by atoms with Gasteiger partial charge in [0.2, 0.25) is 10.0 Å². The second kappa shape index (κ2) is 7.89. The lowest BCUT2D eigenvalue weighted by atomic mass is 10.2. The summed E-state index contributed by atoms with van der Waals surface area (Å²) in [6, 6.07) is 6.96. The Morgan fingerprint density at radius 3 is 2.90 bits per heavy atom. The van der Waals surface area contributed by atoms with E-state index in [9.17, 15) is 8.42 Å². The van der Waals surface area contributed by atoms with E-state index in [1.807, 2.05) is 6.07 Å². The van der Waals surface area contributed by atoms with Crippen LogP contribution in [0, 0.1) is 6.92 Å². The van der Waals surface area contributed by atoms with Crippen molar-refractivity contribution in [2.45, 2.75) is 37.2 Å². The predicted molar refractivity (Wildman–Crippen MR) is 80.8 cm³/mol. The smallest absolute Gasteiger partial charge is 0.240 e. The van der Waals surface area contributed by atoms with Gasteiger partial charge in [-0.05, 0) is 37.8 Å². The zero-order valence-electron chi connectivity index (χ0n) is 12.4. The summed E-state index contributed by atoms with van der Waals surface area (Å²) >= 11 is 0. The van der Waals surface area contributed by atoms with Crippen LogP contribution in [0.5, 0.6) is 0 Å². The molecule has 1 aromatic carbocycles. The standard InChI is InChI=1S/C15H23NO4S/c1-13-6-2-3-8-15(13)21(17,18)16-9-5-10-19-12-14-7-4-11-20-14/h2-3,6,8,14,16H,4-5,7,9-12H2,1H3. The fourth-order valence-corrected chi connectivity index (χ4v) is 3.63. The van der Waals surface area contributed by atoms with E-state index in [0.717, 1.165) is 25.0 Å². The largest absolute Gasteiger partial charge is 0.379 e. The summed E-state index contributed by atoms with van der Waals surface area (Å²) in [4.78, 5) is 0.338. The van der Waals surface area contributed by atoms with Crippen LogP contribution in [-0.2, 0) is 19.5 Å². The Morgan fingerprint density at radius 1 is 1.38 bits per heavy atom. The zero-order chi connectivity index (χ0) is 15.1. The minimum Gasteiger partial charge on any atom is -0.379 e. The lowest BCUT2D eigenvalue weighted by Gasteiger charge is -2.11. The lowest BCUT2D eigenvalue weighted by molar-refractivity contribution is 0.0169. The number of rotatable bonds is 8. The van der Waals surface area contributed by atoms with Crippen LogP contribution in [-0.4, -0.2) is 40.9 Å². The molecule has 1 aromatic rings. The van der Waals surface area contributed by atoms with Crippen molar-refractivity contribution in [2.75, 3.05) is 26.4 Å². The Hall–Kier alpha value is -0.950. The van der Waals surface area contributed by atoms with E-state index in [1.165, 1.54) is 0 Å². The first-order valence-corrected chi connectivity index (χ1v) is 8.82. The Balaban J connectivity index is 1.67. The van der Waals surface area contributed by atoms with Crippen molar-refractivity contribution in [2.24, 2.45) is 0 Å². The highest BCUT2D eigenvalue weighted by molar-refractivity contribution is 7.89. The monoisotopic (exact) mass is 313 g/mol. The average molecular weight is 313 g/mol. The molecule has 0 bridgehead atoms. The number of nitrogens with one attached hydrogen (secondary N) is 1. The summed E-state index contributed by atoms with van der Waals surface area (Å²) in [5.74, 6) is 0. The highest BCUT2D eigenvalue weighted by Crippen LogP contribution is 2.14. The highest BCUT2D eigenvalue weighted by Gasteiger charge is 2.16. The molecule has 2 rings (SSSR count). The Labute approximate surface area is 126 Å². The fraction of sp³-hybridized carbons (Fsp3) is 0.600. The van der Waals surface area contributed by atoms with Crippen LogP contribution in [0.1, 0.15) is 24.8 Å². The molecule has 0 aromatic heterocycles. The van der Waals surface area contributed by atoms with Gasteiger partial charge in [0.1, 0.15) is 0 Å². The molecule has 0 saturated carbocycles. The molecule has 1 unspecified atom stereocenters. The summed E-state index contributed by atoms with van der Waals surface area (Å²) < 4.78 is 37.8. The van der Waals surface area contributed by atoms with Gasteiger partial charge in [-0.25, -0.2) is 13.1 Å². The molecule has 0 radical (unpaired) electrons. The molecule has 0 aliphatic carbocycles. The molecular weight excluding hydrogens is 290 g/mol. The van der Waals surface area contributed by atoms with E-state index < -0.39 is 10.0 Å². The van der Waals surface area contributed by atoms with Gasteiger partial charge in [-0.1, -0.05) is 18.2 Å². The molecule has 0 amide bonds. The number of hydrogen-bond donors (Lipinski definition) is 1. The van der Waals surface area contributed by atoms with Gasteiger partial charge in [-0.3, -0.25) is 0 Å². The van der Waals surface area contributed by atoms with Crippen LogP contribution in [0.25, 0.3) is 0 Å². The molecule has 1 aliphatic rings. The van der Waals surface area contributed by atoms with Crippen LogP contribution in [0.15, 0.2) is 29.2 Å². The van der Waals surface area contributed by atoms with Crippen molar-refractivity contribution in [3.05, 3.63) is 29.8 Å². The van der Waals surface area contributed by atoms with E-state index in [-0.39, 0.29) is 6.10 Å². The van der Waals surface area contributed by atoms with Crippen LogP contribution in [0.4, 0.5) is 0 Å². The van der Waals surface area contributed by atoms with Gasteiger partial charge in [-0.2, -0.15) is 0 Å². The molecule has 1 saturated heterocycles. The van der Waals surface area contributed by atoms with Gasteiger partial charge >= 0.3 is 0 Å². The van der Waals surface area contributed by atoms with Crippen LogP contribution >= 0.6 is 0 Å². The van der Waals surface area contributed by atoms with E-state index in [2.05, 4.69) is 4.72 Å². The topological polar surface area (TPSA) is 64.6 Å². The van der Waals surface area contributed by atoms with E-state index >= 15 is 0 Å². The lowest BCUT2D eigenvalue weighted by Crippen LogP contribution is -2.26. The van der Waals surface area contributed by atoms with Crippen LogP contribution in [0.3, 0.4) is 0 Å². The van der Waals surface area contributed by atoms with Gasteiger partial charge in [-0.15, -0.1) is 0 Å². The number of benzene rings is 1. The molecule has 1 heterocycles. The second-order valence-corrected chi connectivity index (χ2v) is 6.96. The molecule has 6 heteroatoms. The average Bonchev–Trinajstić information content (AvgIpc) is 2.96. The van der Waals surface area contributed by atoms with Crippen molar-refractivity contribution >= 4 is 10.0 Å². The first kappa shape index (κ1) is 16.4. The van der Waals surface area contributed by atoms with E-state index in [4.69, 9.17) is 9.47 Å². The summed E-state index contributed by atoms with van der Waals surface area (Å²) in [5, 5.41) is 0. The Kier molecular flexibility index (Phi) is 6.17. The Morgan fingerprint density at radius 2 is 2.19 bits per heavy atom. The first-order chi connectivity index (χ1) is 10.1. The quantitative estimate of drug-likeness (QED) is 0.744. The third-order valence-corrected chi connectivity index (χ3v) is 5.09. The molecule has 1 aliphatic heterocycles. The molecular formula is C15H23NO4S. The third kappa shape index (κ3) is 5.07. The molecule has 0 spiro atoms. The van der Waals surface area contributed by atoms with Gasteiger partial charge in [0.05, 0.1) is 17.6 Å². The molecule has 1 N–H and O–H groups in total. The summed E-state index contributed by atoms with van der Waals surface area (Å²) in [7, 11) is -3.42. The van der Waals surface area contributed by atoms with Crippen molar-refractivity contribution < 1.29 is 17.9 Å². The van der Waals surface area contributed by atoms with Crippen molar-refractivity contribution in [1.82, 2.24) is 4.72 Å². The van der Waals surface area contributed by atoms with Gasteiger partial charge in [0.15, 0.2) is 0 Å². The summed E-state index contributed by atoms with van der Waals surface area (Å²) in [6.07, 6.45) is 3.02. The first-order valence-electron chi connectivity index (χ1n) is 7.34. The van der Waals surface area contributed by atoms with E-state index in [1.54, 1.807) is 25.1 Å². The number of hydrogen-bond acceptors (Lipinski definition) is 4. The molecule has 118 valence electrons. The maximum atomic E-state index is 12.1. The fourth-order valence-electron chi connectivity index (χ4n) is 2.31. The predicted octanol–water partition coefficient (Wildman–Crippen LogP) is 1.86. The highest BCUT2D eigenvalue weighted by atomic mass is 32.2. The minimum absolute atomic E-state index is 0.216. The molecule has 1 atom stereocenters. The van der Waals surface area contributed by atoms with Gasteiger partial charge in [0, 0.05) is 19.8 Å². The van der Waals surface area contributed by atoms with Crippen molar-refractivity contribution in [1.29, 1.82) is 0 Å². The van der Waals surface area contributed by atoms with Crippen molar-refractivity contribution in [3.63, 3.8) is 0 Å². The van der Waals surface area contributed by atoms with Crippen LogP contribution < -0.4 is 4.72 Å². The SMILES string of the molecule is Cc1ccccc1S(=O)(=O)NCCCOCC1CCCO1. The normalized spacial score (nSPS) is 19.0. The number of sulfonamides is 1. The third-order valence-electron chi connectivity index (χ3n) is 3.47. The maximum absolute atomic E-state index is 12.1. The zero-order valence-corrected chi connectivity index (χ0v) is 13.2. The molecule has 1 fully saturated rings. The van der Waals surface area contributed by atoms with Gasteiger partial charge < -0.3 is 9.47 Å². The number of aryl methyl sites for hydroxylation is 1. The summed E-state index contributed by atoms with van der Waals surface area (Å²) in [5.41, 5.74) is 0.750. The maximum Gasteiger partial charge on any atom is 0.240 e. The van der Waals surface area contributed by atoms with Gasteiger partial charge in [0.25, 0.3) is 0 Å². The number of ether oxygens (including phenoxy) is 2. The van der Waals surface area contributed by atoms with Crippen LogP contribution in [0.2, 0.25) is 0 Å². The van der Waals surface area contributed by atoms with Crippen molar-refractivity contribution in [3.8, 4) is 0 Å².